The Kier molecular flexibility index (Phi) is 21.7. The second-order valence-electron chi connectivity index (χ2n) is 0.816. The molecular weight excluding hydrogens is 448 g/mol. The fourth-order valence-corrected chi connectivity index (χ4v) is 0. The molecule has 0 heterocycles. The maximum atomic E-state index is 8.63. The number of hydrogen-bond acceptors (Lipinski definition) is 8. The first-order valence-corrected chi connectivity index (χ1v) is 7.89. The molecule has 0 aromatic carbocycles. The van der Waals surface area contributed by atoms with Crippen molar-refractivity contribution in [2.24, 2.45) is 0 Å². The standard InChI is InChI=1S/K.2Mo.8O.Y/q+1;;;;;;;4*-1;+3. The van der Waals surface area contributed by atoms with Crippen molar-refractivity contribution in [2.75, 3.05) is 0 Å². The Balaban J connectivity index is -0.0000000457. The molecule has 12 heteroatoms. The van der Waals surface area contributed by atoms with Crippen molar-refractivity contribution in [3.8, 4) is 0 Å². The Bertz CT molecular complexity index is 213. The van der Waals surface area contributed by atoms with Crippen LogP contribution in [-0.2, 0) is 79.8 Å². The van der Waals surface area contributed by atoms with Crippen molar-refractivity contribution in [2.45, 2.75) is 0 Å². The van der Waals surface area contributed by atoms with Gasteiger partial charge in [0.05, 0.1) is 0 Å². The maximum absolute atomic E-state index is 8.63. The molecule has 12 heavy (non-hydrogen) atoms. The van der Waals surface area contributed by atoms with Crippen LogP contribution < -0.4 is 66.4 Å². The molecule has 0 rings (SSSR count). The summed E-state index contributed by atoms with van der Waals surface area (Å²) < 4.78 is 69.0. The molecule has 64 valence electrons. The van der Waals surface area contributed by atoms with Crippen LogP contribution in [0.4, 0.5) is 0 Å². The molecule has 0 aliphatic carbocycles. The topological polar surface area (TPSA) is 161 Å². The Morgan fingerprint density at radius 2 is 0.667 bits per heavy atom. The Morgan fingerprint density at radius 1 is 0.667 bits per heavy atom. The average molecular weight is 448 g/mol. The maximum Gasteiger partial charge on any atom is 3.00 e. The first kappa shape index (κ1) is 24.4. The van der Waals surface area contributed by atoms with Crippen LogP contribution in [0.25, 0.3) is 0 Å². The van der Waals surface area contributed by atoms with Gasteiger partial charge in [-0.05, 0) is 0 Å². The monoisotopic (exact) mass is 452 g/mol. The van der Waals surface area contributed by atoms with Gasteiger partial charge in [-0.1, -0.05) is 0 Å². The van der Waals surface area contributed by atoms with Crippen molar-refractivity contribution in [1.82, 2.24) is 0 Å². The minimum Gasteiger partial charge on any atom is 3.00 e. The van der Waals surface area contributed by atoms with Crippen molar-refractivity contribution in [3.63, 3.8) is 0 Å². The molecule has 0 radical (unpaired) electrons. The van der Waals surface area contributed by atoms with Gasteiger partial charge in [-0.3, -0.25) is 0 Å². The summed E-state index contributed by atoms with van der Waals surface area (Å²) in [6.07, 6.45) is 0. The second kappa shape index (κ2) is 10.7. The molecule has 0 aliphatic rings. The van der Waals surface area contributed by atoms with Gasteiger partial charge in [0.25, 0.3) is 0 Å². The SMILES string of the molecule is [K+].[O]=[Mo](=[O])([O-])[O-].[O]=[Mo](=[O])([O-])[O-].[Y+3]. The molecule has 0 saturated carbocycles. The largest absolute Gasteiger partial charge is 3.00 e. The number of hydrogen-bond donors (Lipinski definition) is 0. The molecule has 0 aromatic heterocycles. The normalized spacial score (nSPS) is 9.67. The van der Waals surface area contributed by atoms with Crippen molar-refractivity contribution < 1.29 is 146 Å². The zero-order valence-corrected chi connectivity index (χ0v) is 15.6. The molecule has 0 aromatic rings. The van der Waals surface area contributed by atoms with Crippen LogP contribution in [0.5, 0.6) is 0 Å². The van der Waals surface area contributed by atoms with E-state index in [0.29, 0.717) is 0 Å². The van der Waals surface area contributed by atoms with E-state index in [9.17, 15) is 0 Å². The van der Waals surface area contributed by atoms with E-state index in [-0.39, 0.29) is 84.1 Å². The Labute approximate surface area is 142 Å². The van der Waals surface area contributed by atoms with Crippen LogP contribution in [0, 0.1) is 0 Å². The summed E-state index contributed by atoms with van der Waals surface area (Å²) in [7, 11) is 0. The van der Waals surface area contributed by atoms with Gasteiger partial charge < -0.3 is 0 Å². The predicted octanol–water partition coefficient (Wildman–Crippen LogP) is -8.23. The van der Waals surface area contributed by atoms with Crippen molar-refractivity contribution >= 4 is 0 Å². The molecule has 0 amide bonds. The minimum atomic E-state index is -6.02. The Hall–Kier alpha value is 3.16. The van der Waals surface area contributed by atoms with Gasteiger partial charge in [-0.25, -0.2) is 0 Å². The first-order chi connectivity index (χ1) is 4.00. The van der Waals surface area contributed by atoms with Gasteiger partial charge in [0.1, 0.15) is 0 Å². The summed E-state index contributed by atoms with van der Waals surface area (Å²) in [5, 5.41) is 0. The summed E-state index contributed by atoms with van der Waals surface area (Å²) in [6.45, 7) is 0. The van der Waals surface area contributed by atoms with E-state index in [1.807, 2.05) is 0 Å². The van der Waals surface area contributed by atoms with Crippen molar-refractivity contribution in [3.05, 3.63) is 0 Å². The van der Waals surface area contributed by atoms with E-state index >= 15 is 0 Å². The van der Waals surface area contributed by atoms with Crippen LogP contribution >= 0.6 is 0 Å². The van der Waals surface area contributed by atoms with Gasteiger partial charge in [0, 0.05) is 0 Å². The van der Waals surface area contributed by atoms with Crippen LogP contribution in [0.3, 0.4) is 0 Å². The van der Waals surface area contributed by atoms with E-state index in [1.165, 1.54) is 0 Å². The molecule has 8 nitrogen and oxygen atoms in total. The molecule has 0 N–H and O–H groups in total. The van der Waals surface area contributed by atoms with E-state index in [1.54, 1.807) is 0 Å². The van der Waals surface area contributed by atoms with Gasteiger partial charge in [-0.2, -0.15) is 0 Å². The summed E-state index contributed by atoms with van der Waals surface area (Å²) >= 11 is -12.0. The van der Waals surface area contributed by atoms with E-state index in [2.05, 4.69) is 0 Å². The minimum absolute atomic E-state index is 0. The molecule has 0 saturated heterocycles. The quantitative estimate of drug-likeness (QED) is 0.331. The summed E-state index contributed by atoms with van der Waals surface area (Å²) in [6, 6.07) is 0. The molecule has 0 bridgehead atoms. The van der Waals surface area contributed by atoms with Gasteiger partial charge >= 0.3 is 146 Å². The van der Waals surface area contributed by atoms with Crippen LogP contribution in [0.15, 0.2) is 0 Å². The molecule has 0 atom stereocenters. The Morgan fingerprint density at radius 3 is 0.667 bits per heavy atom. The summed E-state index contributed by atoms with van der Waals surface area (Å²) in [5.74, 6) is 0. The summed E-state index contributed by atoms with van der Waals surface area (Å²) in [5.41, 5.74) is 0. The van der Waals surface area contributed by atoms with Crippen molar-refractivity contribution in [1.29, 1.82) is 0 Å². The van der Waals surface area contributed by atoms with Crippen LogP contribution in [-0.4, -0.2) is 0 Å². The average Bonchev–Trinajstić information content (AvgIpc) is 1.12. The zero-order valence-electron chi connectivity index (χ0n) is 5.66. The molecular formula is KMo2O8Y. The fourth-order valence-electron chi connectivity index (χ4n) is 0. The molecule has 0 unspecified atom stereocenters. The van der Waals surface area contributed by atoms with E-state index < -0.39 is 33.5 Å². The van der Waals surface area contributed by atoms with Crippen LogP contribution in [0.1, 0.15) is 0 Å². The second-order valence-corrected chi connectivity index (χ2v) is 4.83. The third-order valence-electron chi connectivity index (χ3n) is 0. The third-order valence-corrected chi connectivity index (χ3v) is 0. The smallest absolute Gasteiger partial charge is 3.00 e. The molecule has 0 aliphatic heterocycles. The molecule has 0 spiro atoms. The predicted molar refractivity (Wildman–Crippen MR) is 2.75 cm³/mol. The van der Waals surface area contributed by atoms with Gasteiger partial charge in [0.2, 0.25) is 0 Å². The fraction of sp³-hybridized carbons (Fsp3) is 0. The van der Waals surface area contributed by atoms with Gasteiger partial charge in [0.15, 0.2) is 0 Å². The van der Waals surface area contributed by atoms with E-state index in [4.69, 9.17) is 28.6 Å². The number of rotatable bonds is 0. The van der Waals surface area contributed by atoms with Gasteiger partial charge in [-0.15, -0.1) is 0 Å². The zero-order chi connectivity index (χ0) is 9.00. The summed E-state index contributed by atoms with van der Waals surface area (Å²) in [4.78, 5) is 0. The van der Waals surface area contributed by atoms with Crippen LogP contribution in [0.2, 0.25) is 0 Å². The third kappa shape index (κ3) is 195. The van der Waals surface area contributed by atoms with E-state index in [0.717, 1.165) is 0 Å². The molecule has 0 fully saturated rings. The first-order valence-electron chi connectivity index (χ1n) is 1.33.